The Labute approximate surface area is 134 Å². The molecule has 0 radical (unpaired) electrons. The van der Waals surface area contributed by atoms with Crippen LogP contribution in [0.1, 0.15) is 16.1 Å². The number of carbonyl (C=O) groups is 1. The SMILES string of the molecule is O=C(N/N=C/c1cccc(O)c1)c1cc2cc(Br)ccc2o1. The predicted octanol–water partition coefficient (Wildman–Crippen LogP) is 3.66. The molecule has 0 aliphatic rings. The molecule has 5 nitrogen and oxygen atoms in total. The number of benzene rings is 2. The first-order valence-corrected chi connectivity index (χ1v) is 7.23. The quantitative estimate of drug-likeness (QED) is 0.554. The number of hydrogen-bond acceptors (Lipinski definition) is 4. The average Bonchev–Trinajstić information content (AvgIpc) is 2.90. The summed E-state index contributed by atoms with van der Waals surface area (Å²) in [6.07, 6.45) is 1.44. The van der Waals surface area contributed by atoms with Gasteiger partial charge in [0.25, 0.3) is 0 Å². The van der Waals surface area contributed by atoms with Crippen LogP contribution in [0.2, 0.25) is 0 Å². The third-order valence-electron chi connectivity index (χ3n) is 2.95. The number of nitrogens with zero attached hydrogens (tertiary/aromatic N) is 1. The van der Waals surface area contributed by atoms with Crippen LogP contribution in [0.3, 0.4) is 0 Å². The Bertz CT molecular complexity index is 871. The lowest BCUT2D eigenvalue weighted by atomic mass is 10.2. The molecule has 6 heteroatoms. The molecule has 110 valence electrons. The fourth-order valence-corrected chi connectivity index (χ4v) is 2.33. The number of phenols is 1. The van der Waals surface area contributed by atoms with Gasteiger partial charge in [-0.3, -0.25) is 4.79 Å². The van der Waals surface area contributed by atoms with E-state index in [4.69, 9.17) is 4.42 Å². The van der Waals surface area contributed by atoms with Crippen molar-refractivity contribution in [1.82, 2.24) is 5.43 Å². The fraction of sp³-hybridized carbons (Fsp3) is 0. The van der Waals surface area contributed by atoms with Crippen molar-refractivity contribution in [2.24, 2.45) is 5.10 Å². The number of carbonyl (C=O) groups excluding carboxylic acids is 1. The van der Waals surface area contributed by atoms with Crippen molar-refractivity contribution in [1.29, 1.82) is 0 Å². The van der Waals surface area contributed by atoms with Crippen molar-refractivity contribution in [3.05, 3.63) is 64.3 Å². The Balaban J connectivity index is 1.73. The second kappa shape index (κ2) is 6.03. The molecule has 0 unspecified atom stereocenters. The smallest absolute Gasteiger partial charge is 0.307 e. The van der Waals surface area contributed by atoms with Crippen LogP contribution in [0.5, 0.6) is 5.75 Å². The van der Waals surface area contributed by atoms with Gasteiger partial charge in [-0.2, -0.15) is 5.10 Å². The van der Waals surface area contributed by atoms with E-state index in [-0.39, 0.29) is 11.5 Å². The zero-order valence-electron chi connectivity index (χ0n) is 11.3. The summed E-state index contributed by atoms with van der Waals surface area (Å²) in [6, 6.07) is 13.7. The minimum Gasteiger partial charge on any atom is -0.508 e. The lowest BCUT2D eigenvalue weighted by Crippen LogP contribution is -2.16. The summed E-state index contributed by atoms with van der Waals surface area (Å²) >= 11 is 3.37. The van der Waals surface area contributed by atoms with Gasteiger partial charge >= 0.3 is 5.91 Å². The number of phenolic OH excluding ortho intramolecular Hbond substituents is 1. The maximum Gasteiger partial charge on any atom is 0.307 e. The summed E-state index contributed by atoms with van der Waals surface area (Å²) in [5, 5.41) is 14.0. The van der Waals surface area contributed by atoms with E-state index in [9.17, 15) is 9.90 Å². The Morgan fingerprint density at radius 2 is 2.09 bits per heavy atom. The number of amides is 1. The van der Waals surface area contributed by atoms with Gasteiger partial charge in [-0.25, -0.2) is 5.43 Å². The Hall–Kier alpha value is -2.60. The zero-order chi connectivity index (χ0) is 15.5. The van der Waals surface area contributed by atoms with Crippen LogP contribution in [0.25, 0.3) is 11.0 Å². The van der Waals surface area contributed by atoms with E-state index in [0.717, 1.165) is 9.86 Å². The van der Waals surface area contributed by atoms with Gasteiger partial charge in [-0.1, -0.05) is 28.1 Å². The molecular weight excluding hydrogens is 348 g/mol. The fourth-order valence-electron chi connectivity index (χ4n) is 1.95. The van der Waals surface area contributed by atoms with Gasteiger partial charge in [0, 0.05) is 9.86 Å². The van der Waals surface area contributed by atoms with Gasteiger partial charge in [-0.05, 0) is 42.0 Å². The molecule has 1 heterocycles. The number of nitrogens with one attached hydrogen (secondary N) is 1. The van der Waals surface area contributed by atoms with Crippen LogP contribution >= 0.6 is 15.9 Å². The zero-order valence-corrected chi connectivity index (χ0v) is 12.9. The summed E-state index contributed by atoms with van der Waals surface area (Å²) in [5.74, 6) is -0.122. The molecule has 2 aromatic carbocycles. The summed E-state index contributed by atoms with van der Waals surface area (Å²) in [4.78, 5) is 12.0. The first-order valence-electron chi connectivity index (χ1n) is 6.43. The highest BCUT2D eigenvalue weighted by Crippen LogP contribution is 2.23. The summed E-state index contributed by atoms with van der Waals surface area (Å²) < 4.78 is 6.37. The number of aromatic hydroxyl groups is 1. The van der Waals surface area contributed by atoms with Crippen molar-refractivity contribution in [3.63, 3.8) is 0 Å². The average molecular weight is 359 g/mol. The molecule has 0 fully saturated rings. The maximum atomic E-state index is 12.0. The van der Waals surface area contributed by atoms with E-state index in [1.165, 1.54) is 12.3 Å². The van der Waals surface area contributed by atoms with E-state index in [2.05, 4.69) is 26.5 Å². The highest BCUT2D eigenvalue weighted by atomic mass is 79.9. The van der Waals surface area contributed by atoms with Crippen LogP contribution in [0, 0.1) is 0 Å². The minimum absolute atomic E-state index is 0.137. The third-order valence-corrected chi connectivity index (χ3v) is 3.45. The molecule has 0 aliphatic heterocycles. The number of rotatable bonds is 3. The number of halogens is 1. The van der Waals surface area contributed by atoms with Crippen molar-refractivity contribution in [2.45, 2.75) is 0 Å². The molecule has 3 rings (SSSR count). The predicted molar refractivity (Wildman–Crippen MR) is 87.1 cm³/mol. The third kappa shape index (κ3) is 3.17. The molecule has 22 heavy (non-hydrogen) atoms. The molecule has 0 spiro atoms. The van der Waals surface area contributed by atoms with Crippen molar-refractivity contribution in [2.75, 3.05) is 0 Å². The van der Waals surface area contributed by atoms with Crippen molar-refractivity contribution < 1.29 is 14.3 Å². The summed E-state index contributed by atoms with van der Waals surface area (Å²) in [7, 11) is 0. The second-order valence-corrected chi connectivity index (χ2v) is 5.50. The van der Waals surface area contributed by atoms with E-state index in [0.29, 0.717) is 11.1 Å². The highest BCUT2D eigenvalue weighted by molar-refractivity contribution is 9.10. The monoisotopic (exact) mass is 358 g/mol. The summed E-state index contributed by atoms with van der Waals surface area (Å²) in [5.41, 5.74) is 3.69. The van der Waals surface area contributed by atoms with Gasteiger partial charge < -0.3 is 9.52 Å². The molecule has 0 bridgehead atoms. The molecule has 1 amide bonds. The van der Waals surface area contributed by atoms with Crippen LogP contribution < -0.4 is 5.43 Å². The van der Waals surface area contributed by atoms with E-state index in [1.54, 1.807) is 30.3 Å². The first-order chi connectivity index (χ1) is 10.6. The largest absolute Gasteiger partial charge is 0.508 e. The van der Waals surface area contributed by atoms with Crippen LogP contribution in [0.15, 0.2) is 62.5 Å². The van der Waals surface area contributed by atoms with Crippen LogP contribution in [-0.2, 0) is 0 Å². The molecule has 1 aromatic heterocycles. The Morgan fingerprint density at radius 1 is 1.23 bits per heavy atom. The molecule has 2 N–H and O–H groups in total. The van der Waals surface area contributed by atoms with Crippen LogP contribution in [-0.4, -0.2) is 17.2 Å². The number of furan rings is 1. The molecule has 0 saturated carbocycles. The van der Waals surface area contributed by atoms with E-state index < -0.39 is 5.91 Å². The lowest BCUT2D eigenvalue weighted by Gasteiger charge is -1.96. The van der Waals surface area contributed by atoms with Gasteiger partial charge in [0.15, 0.2) is 5.76 Å². The number of fused-ring (bicyclic) bond motifs is 1. The standard InChI is InChI=1S/C16H11BrN2O3/c17-12-4-5-14-11(7-12)8-15(22-14)16(21)19-18-9-10-2-1-3-13(20)6-10/h1-9,20H,(H,19,21)/b18-9+. The topological polar surface area (TPSA) is 74.8 Å². The Morgan fingerprint density at radius 3 is 2.91 bits per heavy atom. The maximum absolute atomic E-state index is 12.0. The van der Waals surface area contributed by atoms with Crippen molar-refractivity contribution in [3.8, 4) is 5.75 Å². The second-order valence-electron chi connectivity index (χ2n) is 4.59. The molecule has 3 aromatic rings. The molecule has 0 saturated heterocycles. The molecule has 0 aliphatic carbocycles. The normalized spacial score (nSPS) is 11.1. The van der Waals surface area contributed by atoms with Crippen LogP contribution in [0.4, 0.5) is 0 Å². The van der Waals surface area contributed by atoms with Crippen molar-refractivity contribution >= 4 is 39.0 Å². The lowest BCUT2D eigenvalue weighted by molar-refractivity contribution is 0.0929. The Kier molecular flexibility index (Phi) is 3.93. The van der Waals surface area contributed by atoms with E-state index in [1.807, 2.05) is 12.1 Å². The molecule has 0 atom stereocenters. The first kappa shape index (κ1) is 14.3. The van der Waals surface area contributed by atoms with Gasteiger partial charge in [-0.15, -0.1) is 0 Å². The summed E-state index contributed by atoms with van der Waals surface area (Å²) in [6.45, 7) is 0. The number of hydrazone groups is 1. The minimum atomic E-state index is -0.441. The molecular formula is C16H11BrN2O3. The highest BCUT2D eigenvalue weighted by Gasteiger charge is 2.11. The van der Waals surface area contributed by atoms with E-state index >= 15 is 0 Å². The van der Waals surface area contributed by atoms with Gasteiger partial charge in [0.1, 0.15) is 11.3 Å². The van der Waals surface area contributed by atoms with Gasteiger partial charge in [0.05, 0.1) is 6.21 Å². The number of hydrogen-bond donors (Lipinski definition) is 2. The van der Waals surface area contributed by atoms with Gasteiger partial charge in [0.2, 0.25) is 0 Å².